The van der Waals surface area contributed by atoms with E-state index in [2.05, 4.69) is 4.98 Å². The van der Waals surface area contributed by atoms with Crippen molar-refractivity contribution in [3.63, 3.8) is 0 Å². The number of methoxy groups -OCH3 is 1. The molecule has 3 heterocycles. The van der Waals surface area contributed by atoms with Crippen LogP contribution in [0.3, 0.4) is 0 Å². The van der Waals surface area contributed by atoms with Crippen LogP contribution in [0.15, 0.2) is 47.2 Å². The van der Waals surface area contributed by atoms with Crippen molar-refractivity contribution in [2.75, 3.05) is 7.11 Å². The van der Waals surface area contributed by atoms with E-state index in [4.69, 9.17) is 9.15 Å². The Hall–Kier alpha value is -2.23. The maximum absolute atomic E-state index is 5.35. The summed E-state index contributed by atoms with van der Waals surface area (Å²) >= 11 is 0. The summed E-state index contributed by atoms with van der Waals surface area (Å²) in [5.41, 5.74) is 0.978. The van der Waals surface area contributed by atoms with E-state index in [0.717, 1.165) is 23.0 Å². The predicted molar refractivity (Wildman–Crippen MR) is 59.4 cm³/mol. The third kappa shape index (κ3) is 1.20. The minimum atomic E-state index is 0.726. The number of aromatic nitrogens is 2. The van der Waals surface area contributed by atoms with E-state index >= 15 is 0 Å². The molecule has 0 spiro atoms. The Morgan fingerprint density at radius 2 is 2.19 bits per heavy atom. The lowest BCUT2D eigenvalue weighted by Gasteiger charge is -2.05. The highest BCUT2D eigenvalue weighted by atomic mass is 16.5. The first-order valence-corrected chi connectivity index (χ1v) is 4.94. The zero-order valence-electron chi connectivity index (χ0n) is 8.75. The summed E-state index contributed by atoms with van der Waals surface area (Å²) in [6.45, 7) is 0. The molecule has 0 atom stereocenters. The standard InChI is InChI=1S/C12H10N2O2/c1-15-11-6-2-4-9-8-13-12(14(9)11)10-5-3-7-16-10/h2-8H,1H3. The fourth-order valence-electron chi connectivity index (χ4n) is 1.76. The molecule has 0 N–H and O–H groups in total. The maximum Gasteiger partial charge on any atom is 0.199 e. The van der Waals surface area contributed by atoms with Crippen molar-refractivity contribution in [3.05, 3.63) is 42.8 Å². The van der Waals surface area contributed by atoms with Gasteiger partial charge in [0.05, 0.1) is 25.1 Å². The van der Waals surface area contributed by atoms with Crippen LogP contribution >= 0.6 is 0 Å². The van der Waals surface area contributed by atoms with Gasteiger partial charge in [-0.2, -0.15) is 0 Å². The first-order valence-electron chi connectivity index (χ1n) is 4.94. The van der Waals surface area contributed by atoms with E-state index in [-0.39, 0.29) is 0 Å². The largest absolute Gasteiger partial charge is 0.482 e. The van der Waals surface area contributed by atoms with E-state index in [1.807, 2.05) is 34.7 Å². The van der Waals surface area contributed by atoms with E-state index in [9.17, 15) is 0 Å². The van der Waals surface area contributed by atoms with Crippen molar-refractivity contribution in [2.24, 2.45) is 0 Å². The number of rotatable bonds is 2. The maximum atomic E-state index is 5.35. The van der Waals surface area contributed by atoms with Crippen molar-refractivity contribution < 1.29 is 9.15 Å². The summed E-state index contributed by atoms with van der Waals surface area (Å²) in [5, 5.41) is 0. The number of nitrogens with zero attached hydrogens (tertiary/aromatic N) is 2. The molecule has 3 aromatic heterocycles. The molecule has 0 radical (unpaired) electrons. The monoisotopic (exact) mass is 214 g/mol. The van der Waals surface area contributed by atoms with Gasteiger partial charge in [-0.3, -0.25) is 4.40 Å². The number of imidazole rings is 1. The van der Waals surface area contributed by atoms with Gasteiger partial charge in [0.15, 0.2) is 17.5 Å². The highest BCUT2D eigenvalue weighted by molar-refractivity contribution is 5.60. The first-order chi connectivity index (χ1) is 7.90. The van der Waals surface area contributed by atoms with Gasteiger partial charge in [0.1, 0.15) is 0 Å². The van der Waals surface area contributed by atoms with Gasteiger partial charge in [-0.15, -0.1) is 0 Å². The molecular formula is C12H10N2O2. The van der Waals surface area contributed by atoms with Crippen LogP contribution in [0, 0.1) is 0 Å². The third-order valence-electron chi connectivity index (χ3n) is 2.47. The van der Waals surface area contributed by atoms with Gasteiger partial charge in [0, 0.05) is 0 Å². The highest BCUT2D eigenvalue weighted by Crippen LogP contribution is 2.24. The summed E-state index contributed by atoms with van der Waals surface area (Å²) in [4.78, 5) is 4.34. The van der Waals surface area contributed by atoms with Gasteiger partial charge < -0.3 is 9.15 Å². The molecule has 0 saturated heterocycles. The first kappa shape index (κ1) is 9.03. The molecular weight excluding hydrogens is 204 g/mol. The molecule has 3 rings (SSSR count). The molecule has 0 fully saturated rings. The SMILES string of the molecule is COc1cccc2cnc(-c3ccco3)n12. The van der Waals surface area contributed by atoms with Crippen molar-refractivity contribution in [1.82, 2.24) is 9.38 Å². The van der Waals surface area contributed by atoms with Gasteiger partial charge in [0.2, 0.25) is 0 Å². The number of hydrogen-bond acceptors (Lipinski definition) is 3. The Morgan fingerprint density at radius 3 is 2.94 bits per heavy atom. The van der Waals surface area contributed by atoms with Crippen LogP contribution in [0.4, 0.5) is 0 Å². The Kier molecular flexibility index (Phi) is 1.93. The van der Waals surface area contributed by atoms with Gasteiger partial charge in [0.25, 0.3) is 0 Å². The molecule has 0 amide bonds. The van der Waals surface area contributed by atoms with Crippen LogP contribution in [-0.2, 0) is 0 Å². The van der Waals surface area contributed by atoms with Crippen LogP contribution in [0.2, 0.25) is 0 Å². The van der Waals surface area contributed by atoms with Crippen LogP contribution in [0.1, 0.15) is 0 Å². The van der Waals surface area contributed by atoms with E-state index in [1.165, 1.54) is 0 Å². The number of pyridine rings is 1. The second kappa shape index (κ2) is 3.41. The zero-order valence-corrected chi connectivity index (χ0v) is 8.75. The Balaban J connectivity index is 2.34. The summed E-state index contributed by atoms with van der Waals surface area (Å²) in [7, 11) is 1.64. The van der Waals surface area contributed by atoms with E-state index in [1.54, 1.807) is 19.6 Å². The molecule has 4 heteroatoms. The number of furan rings is 1. The number of ether oxygens (including phenoxy) is 1. The Bertz CT molecular complexity index is 611. The normalized spacial score (nSPS) is 10.8. The van der Waals surface area contributed by atoms with E-state index < -0.39 is 0 Å². The second-order valence-electron chi connectivity index (χ2n) is 3.39. The topological polar surface area (TPSA) is 39.7 Å². The summed E-state index contributed by atoms with van der Waals surface area (Å²) in [6.07, 6.45) is 3.42. The zero-order chi connectivity index (χ0) is 11.0. The minimum absolute atomic E-state index is 0.726. The lowest BCUT2D eigenvalue weighted by Crippen LogP contribution is -1.95. The average molecular weight is 214 g/mol. The molecule has 0 saturated carbocycles. The van der Waals surface area contributed by atoms with Crippen LogP contribution in [-0.4, -0.2) is 16.5 Å². The summed E-state index contributed by atoms with van der Waals surface area (Å²) < 4.78 is 12.6. The van der Waals surface area contributed by atoms with E-state index in [0.29, 0.717) is 0 Å². The summed E-state index contributed by atoms with van der Waals surface area (Å²) in [5.74, 6) is 2.21. The van der Waals surface area contributed by atoms with Crippen molar-refractivity contribution in [1.29, 1.82) is 0 Å². The van der Waals surface area contributed by atoms with Crippen molar-refractivity contribution >= 4 is 5.52 Å². The number of fused-ring (bicyclic) bond motifs is 1. The second-order valence-corrected chi connectivity index (χ2v) is 3.39. The van der Waals surface area contributed by atoms with Crippen molar-refractivity contribution in [3.8, 4) is 17.5 Å². The van der Waals surface area contributed by atoms with Gasteiger partial charge in [-0.25, -0.2) is 4.98 Å². The average Bonchev–Trinajstić information content (AvgIpc) is 2.96. The minimum Gasteiger partial charge on any atom is -0.482 e. The number of hydrogen-bond donors (Lipinski definition) is 0. The molecule has 0 aromatic carbocycles. The molecule has 16 heavy (non-hydrogen) atoms. The van der Waals surface area contributed by atoms with Crippen LogP contribution in [0.25, 0.3) is 17.1 Å². The van der Waals surface area contributed by atoms with Crippen LogP contribution < -0.4 is 4.74 Å². The molecule has 3 aromatic rings. The molecule has 0 unspecified atom stereocenters. The quantitative estimate of drug-likeness (QED) is 0.658. The van der Waals surface area contributed by atoms with Gasteiger partial charge in [-0.05, 0) is 24.3 Å². The molecule has 0 aliphatic carbocycles. The highest BCUT2D eigenvalue weighted by Gasteiger charge is 2.11. The molecule has 4 nitrogen and oxygen atoms in total. The lowest BCUT2D eigenvalue weighted by atomic mass is 10.4. The molecule has 0 bridgehead atoms. The van der Waals surface area contributed by atoms with Crippen LogP contribution in [0.5, 0.6) is 5.88 Å². The smallest absolute Gasteiger partial charge is 0.199 e. The fourth-order valence-corrected chi connectivity index (χ4v) is 1.76. The predicted octanol–water partition coefficient (Wildman–Crippen LogP) is 2.60. The fraction of sp³-hybridized carbons (Fsp3) is 0.0833. The van der Waals surface area contributed by atoms with Gasteiger partial charge in [-0.1, -0.05) is 6.07 Å². The molecule has 0 aliphatic rings. The lowest BCUT2D eigenvalue weighted by molar-refractivity contribution is 0.392. The summed E-state index contributed by atoms with van der Waals surface area (Å²) in [6, 6.07) is 9.51. The third-order valence-corrected chi connectivity index (χ3v) is 2.47. The Labute approximate surface area is 92.1 Å². The molecule has 80 valence electrons. The molecule has 0 aliphatic heterocycles. The Morgan fingerprint density at radius 1 is 1.25 bits per heavy atom. The van der Waals surface area contributed by atoms with Gasteiger partial charge >= 0.3 is 0 Å². The van der Waals surface area contributed by atoms with Crippen molar-refractivity contribution in [2.45, 2.75) is 0 Å².